The van der Waals surface area contributed by atoms with Crippen LogP contribution in [0, 0.1) is 13.8 Å². The Morgan fingerprint density at radius 1 is 0.971 bits per heavy atom. The number of halogens is 1. The van der Waals surface area contributed by atoms with E-state index in [2.05, 4.69) is 26.4 Å². The number of thiazole rings is 1. The van der Waals surface area contributed by atoms with E-state index in [-0.39, 0.29) is 4.90 Å². The minimum absolute atomic E-state index is 0.121. The lowest BCUT2D eigenvalue weighted by Gasteiger charge is -2.12. The second-order valence-electron chi connectivity index (χ2n) is 7.54. The SMILES string of the molecule is Cc1ccc(NC(=S)Nc2nc(-c3ccccc3NS(=O)(=O)c3ccc(Cl)cc3)cs2)c(C)c1. The maximum Gasteiger partial charge on any atom is 0.261 e. The number of hydrogen-bond acceptors (Lipinski definition) is 5. The van der Waals surface area contributed by atoms with Crippen LogP contribution in [0.15, 0.2) is 77.0 Å². The van der Waals surface area contributed by atoms with Crippen LogP contribution >= 0.6 is 35.2 Å². The van der Waals surface area contributed by atoms with Gasteiger partial charge in [-0.05, 0) is 68.0 Å². The van der Waals surface area contributed by atoms with E-state index in [0.717, 1.165) is 11.3 Å². The van der Waals surface area contributed by atoms with Gasteiger partial charge in [-0.3, -0.25) is 4.72 Å². The fraction of sp³-hybridized carbons (Fsp3) is 0.0833. The van der Waals surface area contributed by atoms with Crippen molar-refractivity contribution in [2.24, 2.45) is 0 Å². The molecule has 0 bridgehead atoms. The zero-order valence-corrected chi connectivity index (χ0v) is 21.5. The molecule has 0 amide bonds. The molecule has 0 atom stereocenters. The predicted molar refractivity (Wildman–Crippen MR) is 146 cm³/mol. The van der Waals surface area contributed by atoms with E-state index in [1.165, 1.54) is 41.2 Å². The summed E-state index contributed by atoms with van der Waals surface area (Å²) in [4.78, 5) is 4.72. The lowest BCUT2D eigenvalue weighted by Crippen LogP contribution is -2.19. The van der Waals surface area contributed by atoms with Gasteiger partial charge in [-0.2, -0.15) is 0 Å². The number of benzene rings is 3. The highest BCUT2D eigenvalue weighted by molar-refractivity contribution is 7.92. The van der Waals surface area contributed by atoms with Crippen LogP contribution < -0.4 is 15.4 Å². The minimum atomic E-state index is -3.79. The van der Waals surface area contributed by atoms with Gasteiger partial charge in [0.2, 0.25) is 0 Å². The Hall–Kier alpha value is -2.98. The molecule has 0 unspecified atom stereocenters. The van der Waals surface area contributed by atoms with Gasteiger partial charge in [0.1, 0.15) is 0 Å². The van der Waals surface area contributed by atoms with Crippen molar-refractivity contribution in [2.75, 3.05) is 15.4 Å². The second-order valence-corrected chi connectivity index (χ2v) is 10.9. The molecular weight excluding hydrogens is 508 g/mol. The number of aromatic nitrogens is 1. The quantitative estimate of drug-likeness (QED) is 0.242. The summed E-state index contributed by atoms with van der Waals surface area (Å²) in [5, 5.41) is 9.60. The van der Waals surface area contributed by atoms with Crippen LogP contribution in [0.25, 0.3) is 11.3 Å². The van der Waals surface area contributed by atoms with Crippen molar-refractivity contribution in [3.63, 3.8) is 0 Å². The summed E-state index contributed by atoms with van der Waals surface area (Å²) >= 11 is 12.7. The Labute approximate surface area is 213 Å². The second kappa shape index (κ2) is 10.1. The molecule has 0 aliphatic heterocycles. The largest absolute Gasteiger partial charge is 0.332 e. The van der Waals surface area contributed by atoms with Crippen molar-refractivity contribution in [1.82, 2.24) is 4.98 Å². The molecule has 1 heterocycles. The molecule has 6 nitrogen and oxygen atoms in total. The Bertz CT molecular complexity index is 1450. The van der Waals surface area contributed by atoms with Gasteiger partial charge in [0.15, 0.2) is 10.2 Å². The van der Waals surface area contributed by atoms with E-state index < -0.39 is 10.0 Å². The topological polar surface area (TPSA) is 83.1 Å². The number of hydrogen-bond donors (Lipinski definition) is 3. The molecule has 0 spiro atoms. The van der Waals surface area contributed by atoms with Gasteiger partial charge in [0.05, 0.1) is 16.3 Å². The third kappa shape index (κ3) is 5.74. The molecule has 1 aromatic heterocycles. The molecule has 3 N–H and O–H groups in total. The van der Waals surface area contributed by atoms with Gasteiger partial charge in [0.25, 0.3) is 10.0 Å². The highest BCUT2D eigenvalue weighted by atomic mass is 35.5. The number of aryl methyl sites for hydroxylation is 2. The number of nitrogens with zero attached hydrogens (tertiary/aromatic N) is 1. The van der Waals surface area contributed by atoms with Crippen LogP contribution in [-0.2, 0) is 10.0 Å². The van der Waals surface area contributed by atoms with Crippen molar-refractivity contribution in [3.8, 4) is 11.3 Å². The summed E-state index contributed by atoms with van der Waals surface area (Å²) < 4.78 is 28.4. The van der Waals surface area contributed by atoms with Crippen molar-refractivity contribution in [2.45, 2.75) is 18.7 Å². The average Bonchev–Trinajstić information content (AvgIpc) is 3.24. The Kier molecular flexibility index (Phi) is 7.18. The lowest BCUT2D eigenvalue weighted by molar-refractivity contribution is 0.601. The first-order chi connectivity index (χ1) is 16.2. The van der Waals surface area contributed by atoms with Crippen LogP contribution in [-0.4, -0.2) is 18.5 Å². The molecule has 4 aromatic rings. The van der Waals surface area contributed by atoms with E-state index in [9.17, 15) is 8.42 Å². The molecule has 10 heteroatoms. The summed E-state index contributed by atoms with van der Waals surface area (Å²) in [5.41, 5.74) is 4.88. The number of thiocarbonyl (C=S) groups is 1. The third-order valence-corrected chi connectivity index (χ3v) is 7.52. The maximum absolute atomic E-state index is 12.9. The zero-order valence-electron chi connectivity index (χ0n) is 18.3. The summed E-state index contributed by atoms with van der Waals surface area (Å²) in [5.74, 6) is 0. The van der Waals surface area contributed by atoms with E-state index in [1.54, 1.807) is 12.1 Å². The maximum atomic E-state index is 12.9. The molecule has 3 aromatic carbocycles. The molecule has 34 heavy (non-hydrogen) atoms. The Morgan fingerprint density at radius 3 is 2.44 bits per heavy atom. The van der Waals surface area contributed by atoms with E-state index in [4.69, 9.17) is 23.8 Å². The lowest BCUT2D eigenvalue weighted by atomic mass is 10.1. The van der Waals surface area contributed by atoms with Crippen molar-refractivity contribution in [1.29, 1.82) is 0 Å². The minimum Gasteiger partial charge on any atom is -0.332 e. The molecule has 0 saturated heterocycles. The van der Waals surface area contributed by atoms with Gasteiger partial charge in [0, 0.05) is 21.7 Å². The molecule has 4 rings (SSSR count). The van der Waals surface area contributed by atoms with Crippen LogP contribution in [0.4, 0.5) is 16.5 Å². The van der Waals surface area contributed by atoms with E-state index in [1.807, 2.05) is 43.5 Å². The molecule has 0 saturated carbocycles. The molecule has 0 radical (unpaired) electrons. The fourth-order valence-corrected chi connectivity index (χ4v) is 5.46. The van der Waals surface area contributed by atoms with Gasteiger partial charge >= 0.3 is 0 Å². The van der Waals surface area contributed by atoms with Crippen molar-refractivity contribution < 1.29 is 8.42 Å². The van der Waals surface area contributed by atoms with Crippen LogP contribution in [0.5, 0.6) is 0 Å². The molecule has 0 fully saturated rings. The normalized spacial score (nSPS) is 11.1. The smallest absolute Gasteiger partial charge is 0.261 e. The van der Waals surface area contributed by atoms with Gasteiger partial charge in [-0.1, -0.05) is 47.5 Å². The fourth-order valence-electron chi connectivity index (χ4n) is 3.27. The first kappa shape index (κ1) is 24.2. The Morgan fingerprint density at radius 2 is 1.71 bits per heavy atom. The predicted octanol–water partition coefficient (Wildman–Crippen LogP) is 6.69. The molecule has 174 valence electrons. The Balaban J connectivity index is 1.51. The van der Waals surface area contributed by atoms with Crippen LogP contribution in [0.1, 0.15) is 11.1 Å². The number of anilines is 3. The first-order valence-corrected chi connectivity index (χ1v) is 13.3. The van der Waals surface area contributed by atoms with Crippen molar-refractivity contribution >= 4 is 66.8 Å². The van der Waals surface area contributed by atoms with Gasteiger partial charge in [-0.15, -0.1) is 11.3 Å². The number of rotatable bonds is 6. The molecule has 0 aliphatic rings. The van der Waals surface area contributed by atoms with Gasteiger partial charge in [-0.25, -0.2) is 13.4 Å². The van der Waals surface area contributed by atoms with Crippen molar-refractivity contribution in [3.05, 3.63) is 88.3 Å². The average molecular weight is 529 g/mol. The summed E-state index contributed by atoms with van der Waals surface area (Å²) in [6.07, 6.45) is 0. The number of para-hydroxylation sites is 1. The van der Waals surface area contributed by atoms with E-state index in [0.29, 0.717) is 32.2 Å². The first-order valence-electron chi connectivity index (χ1n) is 10.2. The van der Waals surface area contributed by atoms with Gasteiger partial charge < -0.3 is 10.6 Å². The zero-order chi connectivity index (χ0) is 24.3. The highest BCUT2D eigenvalue weighted by Crippen LogP contribution is 2.32. The van der Waals surface area contributed by atoms with E-state index >= 15 is 0 Å². The summed E-state index contributed by atoms with van der Waals surface area (Å²) in [6.45, 7) is 4.05. The molecular formula is C24H21ClN4O2S3. The monoisotopic (exact) mass is 528 g/mol. The third-order valence-electron chi connectivity index (χ3n) is 4.93. The summed E-state index contributed by atoms with van der Waals surface area (Å²) in [6, 6.07) is 19.2. The number of sulfonamides is 1. The van der Waals surface area contributed by atoms with Crippen LogP contribution in [0.3, 0.4) is 0 Å². The standard InChI is InChI=1S/C24H21ClN4O2S3/c1-15-7-12-20(16(2)13-15)26-23(32)28-24-27-22(14-33-24)19-5-3-4-6-21(19)29-34(30,31)18-10-8-17(25)9-11-18/h3-14,29H,1-2H3,(H2,26,27,28,32). The summed E-state index contributed by atoms with van der Waals surface area (Å²) in [7, 11) is -3.79. The highest BCUT2D eigenvalue weighted by Gasteiger charge is 2.18. The number of nitrogens with one attached hydrogen (secondary N) is 3. The molecule has 0 aliphatic carbocycles. The van der Waals surface area contributed by atoms with Crippen LogP contribution in [0.2, 0.25) is 5.02 Å².